The number of fused-ring (bicyclic) bond motifs is 11. The molecule has 0 aliphatic heterocycles. The molecule has 218 valence electrons. The first-order valence-electron chi connectivity index (χ1n) is 15.5. The molecule has 7 aromatic carbocycles. The summed E-state index contributed by atoms with van der Waals surface area (Å²) in [4.78, 5) is 5.34. The largest absolute Gasteiger partial charge is 0.398 e. The van der Waals surface area contributed by atoms with Gasteiger partial charge in [-0.25, -0.2) is 0 Å². The molecule has 0 fully saturated rings. The number of aromatic nitrogens is 1. The Balaban J connectivity index is 1.37. The number of allylic oxidation sites excluding steroid dienone is 1. The maximum Gasteiger partial charge on any atom is 0.115 e. The Labute approximate surface area is 270 Å². The fourth-order valence-corrected chi connectivity index (χ4v) is 8.09. The molecule has 0 saturated carbocycles. The summed E-state index contributed by atoms with van der Waals surface area (Å²) >= 11 is 1.87. The Morgan fingerprint density at radius 2 is 1.15 bits per heavy atom. The SMILES string of the molecule is N/C(=C\C(=N/Cn1c2ccc3ccccc3c2c2ccc3sc4ccc5ccccc5c4c3c21)c1ccccc1)c1ccccc1. The highest BCUT2D eigenvalue weighted by Crippen LogP contribution is 2.45. The van der Waals surface area contributed by atoms with Crippen molar-refractivity contribution in [3.05, 3.63) is 163 Å². The Kier molecular flexibility index (Phi) is 6.22. The van der Waals surface area contributed by atoms with Crippen molar-refractivity contribution in [3.63, 3.8) is 0 Å². The summed E-state index contributed by atoms with van der Waals surface area (Å²) in [5, 5.41) is 10.2. The standard InChI is InChI=1S/C42H29N3S/c43-34(29-13-3-1-4-14-29)25-35(30-15-5-2-6-16-30)44-26-45-36-22-19-27-11-7-9-17-31(27)39(36)33-21-24-38-41(42(33)45)40-32-18-10-8-12-28(32)20-23-37(40)46-38/h1-25H,26,43H2/b34-25-,44-35+. The maximum atomic E-state index is 6.68. The number of thiophene rings is 1. The van der Waals surface area contributed by atoms with E-state index in [2.05, 4.69) is 114 Å². The number of hydrogen-bond acceptors (Lipinski definition) is 3. The van der Waals surface area contributed by atoms with E-state index in [9.17, 15) is 0 Å². The van der Waals surface area contributed by atoms with E-state index in [-0.39, 0.29) is 0 Å². The molecule has 0 radical (unpaired) electrons. The van der Waals surface area contributed by atoms with Crippen molar-refractivity contribution in [2.45, 2.75) is 6.67 Å². The average Bonchev–Trinajstić information content (AvgIpc) is 3.66. The molecule has 0 bridgehead atoms. The third-order valence-corrected chi connectivity index (χ3v) is 10.2. The molecule has 2 aromatic heterocycles. The summed E-state index contributed by atoms with van der Waals surface area (Å²) in [5.41, 5.74) is 12.6. The molecule has 2 N–H and O–H groups in total. The number of nitrogens with two attached hydrogens (primary N) is 1. The van der Waals surface area contributed by atoms with Crippen LogP contribution in [0.2, 0.25) is 0 Å². The van der Waals surface area contributed by atoms with Gasteiger partial charge in [-0.15, -0.1) is 11.3 Å². The van der Waals surface area contributed by atoms with Crippen LogP contribution in [0.4, 0.5) is 0 Å². The van der Waals surface area contributed by atoms with Gasteiger partial charge in [-0.2, -0.15) is 0 Å². The molecule has 0 aliphatic carbocycles. The summed E-state index contributed by atoms with van der Waals surface area (Å²) < 4.78 is 5.01. The van der Waals surface area contributed by atoms with Crippen LogP contribution in [0.15, 0.2) is 157 Å². The Hall–Kier alpha value is -5.71. The third kappa shape index (κ3) is 4.22. The van der Waals surface area contributed by atoms with Gasteiger partial charge < -0.3 is 10.3 Å². The predicted molar refractivity (Wildman–Crippen MR) is 199 cm³/mol. The van der Waals surface area contributed by atoms with Crippen molar-refractivity contribution in [1.82, 2.24) is 4.57 Å². The minimum absolute atomic E-state index is 0.447. The van der Waals surface area contributed by atoms with Crippen molar-refractivity contribution >= 4 is 86.3 Å². The van der Waals surface area contributed by atoms with Crippen molar-refractivity contribution in [1.29, 1.82) is 0 Å². The van der Waals surface area contributed by atoms with Gasteiger partial charge in [-0.05, 0) is 56.9 Å². The molecule has 4 heteroatoms. The number of hydrogen-bond donors (Lipinski definition) is 1. The van der Waals surface area contributed by atoms with E-state index in [1.165, 1.54) is 63.5 Å². The zero-order valence-corrected chi connectivity index (χ0v) is 25.8. The molecule has 0 unspecified atom stereocenters. The van der Waals surface area contributed by atoms with Gasteiger partial charge in [0.05, 0.1) is 16.7 Å². The number of nitrogens with zero attached hydrogens (tertiary/aromatic N) is 2. The fourth-order valence-electron chi connectivity index (χ4n) is 6.97. The molecule has 0 aliphatic rings. The summed E-state index contributed by atoms with van der Waals surface area (Å²) in [6, 6.07) is 51.5. The lowest BCUT2D eigenvalue weighted by molar-refractivity contribution is 0.796. The van der Waals surface area contributed by atoms with Gasteiger partial charge in [0, 0.05) is 36.6 Å². The lowest BCUT2D eigenvalue weighted by Gasteiger charge is -2.10. The zero-order valence-electron chi connectivity index (χ0n) is 25.0. The second-order valence-corrected chi connectivity index (χ2v) is 12.8. The highest BCUT2D eigenvalue weighted by atomic mass is 32.1. The number of benzene rings is 7. The summed E-state index contributed by atoms with van der Waals surface area (Å²) in [7, 11) is 0. The first-order chi connectivity index (χ1) is 22.7. The summed E-state index contributed by atoms with van der Waals surface area (Å²) in [6.45, 7) is 0.447. The van der Waals surface area contributed by atoms with Crippen LogP contribution in [-0.4, -0.2) is 10.3 Å². The van der Waals surface area contributed by atoms with E-state index < -0.39 is 0 Å². The number of rotatable bonds is 5. The summed E-state index contributed by atoms with van der Waals surface area (Å²) in [6.07, 6.45) is 2.01. The molecule has 46 heavy (non-hydrogen) atoms. The van der Waals surface area contributed by atoms with Crippen LogP contribution in [0, 0.1) is 0 Å². The first kappa shape index (κ1) is 26.7. The normalized spacial score (nSPS) is 12.8. The van der Waals surface area contributed by atoms with E-state index in [1.807, 2.05) is 53.8 Å². The Bertz CT molecular complexity index is 2660. The molecule has 0 atom stereocenters. The quantitative estimate of drug-likeness (QED) is 0.194. The van der Waals surface area contributed by atoms with Gasteiger partial charge in [0.15, 0.2) is 0 Å². The van der Waals surface area contributed by atoms with Gasteiger partial charge in [0.1, 0.15) is 6.67 Å². The monoisotopic (exact) mass is 607 g/mol. The fraction of sp³-hybridized carbons (Fsp3) is 0.0238. The van der Waals surface area contributed by atoms with Crippen molar-refractivity contribution in [3.8, 4) is 0 Å². The molecule has 9 rings (SSSR count). The highest BCUT2D eigenvalue weighted by molar-refractivity contribution is 7.26. The summed E-state index contributed by atoms with van der Waals surface area (Å²) in [5.74, 6) is 0. The second kappa shape index (κ2) is 10.7. The molecule has 9 aromatic rings. The van der Waals surface area contributed by atoms with Crippen LogP contribution in [0.3, 0.4) is 0 Å². The third-order valence-electron chi connectivity index (χ3n) is 9.09. The molecule has 0 spiro atoms. The van der Waals surface area contributed by atoms with Crippen molar-refractivity contribution < 1.29 is 0 Å². The van der Waals surface area contributed by atoms with Crippen LogP contribution < -0.4 is 5.73 Å². The lowest BCUT2D eigenvalue weighted by Crippen LogP contribution is -2.06. The first-order valence-corrected chi connectivity index (χ1v) is 16.4. The van der Waals surface area contributed by atoms with Crippen molar-refractivity contribution in [2.75, 3.05) is 0 Å². The molecular weight excluding hydrogens is 579 g/mol. The van der Waals surface area contributed by atoms with Crippen LogP contribution in [0.5, 0.6) is 0 Å². The molecular formula is C42H29N3S. The van der Waals surface area contributed by atoms with Crippen LogP contribution >= 0.6 is 11.3 Å². The number of aliphatic imine (C=N–C) groups is 1. The topological polar surface area (TPSA) is 43.3 Å². The van der Waals surface area contributed by atoms with E-state index in [4.69, 9.17) is 10.7 Å². The minimum atomic E-state index is 0.447. The smallest absolute Gasteiger partial charge is 0.115 e. The van der Waals surface area contributed by atoms with Gasteiger partial charge in [0.25, 0.3) is 0 Å². The van der Waals surface area contributed by atoms with Gasteiger partial charge in [-0.1, -0.05) is 127 Å². The Morgan fingerprint density at radius 1 is 0.565 bits per heavy atom. The minimum Gasteiger partial charge on any atom is -0.398 e. The molecule has 2 heterocycles. The second-order valence-electron chi connectivity index (χ2n) is 11.7. The van der Waals surface area contributed by atoms with Crippen molar-refractivity contribution in [2.24, 2.45) is 10.7 Å². The van der Waals surface area contributed by atoms with Crippen LogP contribution in [0.25, 0.3) is 69.2 Å². The van der Waals surface area contributed by atoms with E-state index in [0.29, 0.717) is 12.4 Å². The highest BCUT2D eigenvalue weighted by Gasteiger charge is 2.20. The van der Waals surface area contributed by atoms with Crippen LogP contribution in [0.1, 0.15) is 11.1 Å². The molecule has 3 nitrogen and oxygen atoms in total. The van der Waals surface area contributed by atoms with E-state index >= 15 is 0 Å². The molecule has 0 amide bonds. The Morgan fingerprint density at radius 3 is 1.89 bits per heavy atom. The van der Waals surface area contributed by atoms with E-state index in [0.717, 1.165) is 16.8 Å². The van der Waals surface area contributed by atoms with Gasteiger partial charge >= 0.3 is 0 Å². The average molecular weight is 608 g/mol. The van der Waals surface area contributed by atoms with Gasteiger partial charge in [-0.3, -0.25) is 4.99 Å². The lowest BCUT2D eigenvalue weighted by atomic mass is 10.0. The van der Waals surface area contributed by atoms with Gasteiger partial charge in [0.2, 0.25) is 0 Å². The zero-order chi connectivity index (χ0) is 30.6. The van der Waals surface area contributed by atoms with Crippen LogP contribution in [-0.2, 0) is 6.67 Å². The van der Waals surface area contributed by atoms with E-state index in [1.54, 1.807) is 0 Å². The maximum absolute atomic E-state index is 6.68. The molecule has 0 saturated heterocycles. The predicted octanol–water partition coefficient (Wildman–Crippen LogP) is 10.9.